The van der Waals surface area contributed by atoms with Crippen LogP contribution in [0.25, 0.3) is 0 Å². The molecular weight excluding hydrogens is 320 g/mol. The number of anilines is 1. The Balaban J connectivity index is 1.94. The van der Waals surface area contributed by atoms with Crippen molar-refractivity contribution >= 4 is 17.3 Å². The number of carbonyl (C=O) groups excluding carboxylic acids is 1. The zero-order valence-corrected chi connectivity index (χ0v) is 13.1. The second-order valence-corrected chi connectivity index (χ2v) is 5.17. The fourth-order valence-electron chi connectivity index (χ4n) is 2.23. The molecule has 0 bridgehead atoms. The molecule has 1 N–H and O–H groups in total. The number of non-ortho nitro benzene ring substituents is 1. The Morgan fingerprint density at radius 3 is 2.20 bits per heavy atom. The normalized spacial score (nSPS) is 10.1. The number of hydrogen-bond acceptors (Lipinski definition) is 4. The quantitative estimate of drug-likeness (QED) is 0.544. The van der Waals surface area contributed by atoms with E-state index < -0.39 is 10.8 Å². The van der Waals surface area contributed by atoms with Gasteiger partial charge in [-0.2, -0.15) is 0 Å². The van der Waals surface area contributed by atoms with Gasteiger partial charge in [0.1, 0.15) is 11.5 Å². The molecule has 0 aliphatic carbocycles. The molecule has 1 amide bonds. The number of ether oxygens (including phenoxy) is 1. The average Bonchev–Trinajstić information content (AvgIpc) is 2.63. The zero-order valence-electron chi connectivity index (χ0n) is 13.1. The van der Waals surface area contributed by atoms with Crippen molar-refractivity contribution in [2.45, 2.75) is 0 Å². The van der Waals surface area contributed by atoms with Gasteiger partial charge in [-0.3, -0.25) is 14.9 Å². The first-order valence-electron chi connectivity index (χ1n) is 7.51. The summed E-state index contributed by atoms with van der Waals surface area (Å²) in [5, 5.41) is 13.7. The third-order valence-electron chi connectivity index (χ3n) is 3.42. The summed E-state index contributed by atoms with van der Waals surface area (Å²) in [6, 6.07) is 21.7. The standard InChI is InChI=1S/C19H14N2O4/c22-19(20-14-7-3-1-4-8-14)17-13-15(21(23)24)11-12-18(17)25-16-9-5-2-6-10-16/h1-13H,(H,20,22). The highest BCUT2D eigenvalue weighted by molar-refractivity contribution is 6.06. The fourth-order valence-corrected chi connectivity index (χ4v) is 2.23. The Hall–Kier alpha value is -3.67. The highest BCUT2D eigenvalue weighted by Gasteiger charge is 2.18. The Morgan fingerprint density at radius 1 is 0.920 bits per heavy atom. The van der Waals surface area contributed by atoms with E-state index in [9.17, 15) is 14.9 Å². The van der Waals surface area contributed by atoms with Crippen LogP contribution in [0.3, 0.4) is 0 Å². The van der Waals surface area contributed by atoms with Gasteiger partial charge in [0.25, 0.3) is 11.6 Å². The monoisotopic (exact) mass is 334 g/mol. The summed E-state index contributed by atoms with van der Waals surface area (Å²) < 4.78 is 5.72. The summed E-state index contributed by atoms with van der Waals surface area (Å²) in [6.07, 6.45) is 0. The Labute approximate surface area is 143 Å². The van der Waals surface area contributed by atoms with Gasteiger partial charge in [-0.05, 0) is 30.3 Å². The van der Waals surface area contributed by atoms with Gasteiger partial charge < -0.3 is 10.1 Å². The van der Waals surface area contributed by atoms with Crippen LogP contribution < -0.4 is 10.1 Å². The lowest BCUT2D eigenvalue weighted by Gasteiger charge is -2.11. The van der Waals surface area contributed by atoms with Crippen LogP contribution in [-0.2, 0) is 0 Å². The van der Waals surface area contributed by atoms with Gasteiger partial charge in [0.05, 0.1) is 10.5 Å². The predicted octanol–water partition coefficient (Wildman–Crippen LogP) is 4.64. The van der Waals surface area contributed by atoms with Crippen LogP contribution in [0.2, 0.25) is 0 Å². The first kappa shape index (κ1) is 16.2. The second-order valence-electron chi connectivity index (χ2n) is 5.17. The van der Waals surface area contributed by atoms with Crippen molar-refractivity contribution in [3.63, 3.8) is 0 Å². The lowest BCUT2D eigenvalue weighted by molar-refractivity contribution is -0.384. The van der Waals surface area contributed by atoms with Crippen molar-refractivity contribution in [3.8, 4) is 11.5 Å². The number of para-hydroxylation sites is 2. The Kier molecular flexibility index (Phi) is 4.71. The number of nitro benzene ring substituents is 1. The Bertz CT molecular complexity index is 896. The van der Waals surface area contributed by atoms with Crippen molar-refractivity contribution in [2.75, 3.05) is 5.32 Å². The minimum atomic E-state index is -0.550. The number of nitrogens with one attached hydrogen (secondary N) is 1. The summed E-state index contributed by atoms with van der Waals surface area (Å²) in [6.45, 7) is 0. The summed E-state index contributed by atoms with van der Waals surface area (Å²) >= 11 is 0. The lowest BCUT2D eigenvalue weighted by Crippen LogP contribution is -2.13. The number of amides is 1. The van der Waals surface area contributed by atoms with Gasteiger partial charge in [-0.15, -0.1) is 0 Å². The summed E-state index contributed by atoms with van der Waals surface area (Å²) in [5.41, 5.74) is 0.491. The van der Waals surface area contributed by atoms with E-state index in [1.54, 1.807) is 48.5 Å². The average molecular weight is 334 g/mol. The molecule has 124 valence electrons. The number of carbonyl (C=O) groups is 1. The first-order chi connectivity index (χ1) is 12.1. The molecule has 0 radical (unpaired) electrons. The van der Waals surface area contributed by atoms with Crippen molar-refractivity contribution in [1.82, 2.24) is 0 Å². The molecule has 3 rings (SSSR count). The molecule has 6 heteroatoms. The SMILES string of the molecule is O=C(Nc1ccccc1)c1cc([N+](=O)[O-])ccc1Oc1ccccc1. The van der Waals surface area contributed by atoms with Gasteiger partial charge in [-0.25, -0.2) is 0 Å². The topological polar surface area (TPSA) is 81.5 Å². The van der Waals surface area contributed by atoms with E-state index in [4.69, 9.17) is 4.74 Å². The minimum absolute atomic E-state index is 0.0851. The van der Waals surface area contributed by atoms with Crippen LogP contribution in [0, 0.1) is 10.1 Å². The highest BCUT2D eigenvalue weighted by atomic mass is 16.6. The maximum absolute atomic E-state index is 12.6. The van der Waals surface area contributed by atoms with Crippen LogP contribution in [0.5, 0.6) is 11.5 Å². The molecule has 0 saturated heterocycles. The minimum Gasteiger partial charge on any atom is -0.457 e. The molecule has 0 saturated carbocycles. The number of hydrogen-bond donors (Lipinski definition) is 1. The Morgan fingerprint density at radius 2 is 1.56 bits per heavy atom. The number of nitrogens with zero attached hydrogens (tertiary/aromatic N) is 1. The molecule has 3 aromatic carbocycles. The number of nitro groups is 1. The molecule has 0 unspecified atom stereocenters. The molecule has 3 aromatic rings. The van der Waals surface area contributed by atoms with E-state index >= 15 is 0 Å². The van der Waals surface area contributed by atoms with E-state index in [1.807, 2.05) is 12.1 Å². The van der Waals surface area contributed by atoms with Crippen molar-refractivity contribution in [3.05, 3.63) is 94.5 Å². The van der Waals surface area contributed by atoms with E-state index in [0.717, 1.165) is 0 Å². The van der Waals surface area contributed by atoms with Crippen LogP contribution in [0.1, 0.15) is 10.4 Å². The van der Waals surface area contributed by atoms with Crippen molar-refractivity contribution in [1.29, 1.82) is 0 Å². The lowest BCUT2D eigenvalue weighted by atomic mass is 10.1. The molecule has 0 aliphatic heterocycles. The molecule has 0 heterocycles. The summed E-state index contributed by atoms with van der Waals surface area (Å²) in [7, 11) is 0. The fraction of sp³-hybridized carbons (Fsp3) is 0. The van der Waals surface area contributed by atoms with E-state index in [2.05, 4.69) is 5.32 Å². The van der Waals surface area contributed by atoms with Crippen LogP contribution in [0.15, 0.2) is 78.9 Å². The molecule has 0 fully saturated rings. The molecule has 0 spiro atoms. The van der Waals surface area contributed by atoms with Gasteiger partial charge >= 0.3 is 0 Å². The highest BCUT2D eigenvalue weighted by Crippen LogP contribution is 2.29. The van der Waals surface area contributed by atoms with Gasteiger partial charge in [-0.1, -0.05) is 36.4 Å². The second kappa shape index (κ2) is 7.27. The maximum atomic E-state index is 12.6. The molecular formula is C19H14N2O4. The third kappa shape index (κ3) is 4.00. The zero-order chi connectivity index (χ0) is 17.6. The number of benzene rings is 3. The molecule has 6 nitrogen and oxygen atoms in total. The largest absolute Gasteiger partial charge is 0.457 e. The molecule has 0 aromatic heterocycles. The van der Waals surface area contributed by atoms with Gasteiger partial charge in [0.15, 0.2) is 0 Å². The first-order valence-corrected chi connectivity index (χ1v) is 7.51. The third-order valence-corrected chi connectivity index (χ3v) is 3.42. The van der Waals surface area contributed by atoms with Crippen molar-refractivity contribution in [2.24, 2.45) is 0 Å². The van der Waals surface area contributed by atoms with Gasteiger partial charge in [0, 0.05) is 17.8 Å². The van der Waals surface area contributed by atoms with Gasteiger partial charge in [0.2, 0.25) is 0 Å². The van der Waals surface area contributed by atoms with E-state index in [1.165, 1.54) is 18.2 Å². The molecule has 0 atom stereocenters. The summed E-state index contributed by atoms with van der Waals surface area (Å²) in [4.78, 5) is 23.1. The summed E-state index contributed by atoms with van der Waals surface area (Å²) in [5.74, 6) is 0.288. The predicted molar refractivity (Wildman–Crippen MR) is 94.0 cm³/mol. The molecule has 0 aliphatic rings. The molecule has 25 heavy (non-hydrogen) atoms. The van der Waals surface area contributed by atoms with Crippen molar-refractivity contribution < 1.29 is 14.5 Å². The van der Waals surface area contributed by atoms with Crippen LogP contribution >= 0.6 is 0 Å². The van der Waals surface area contributed by atoms with E-state index in [0.29, 0.717) is 11.4 Å². The van der Waals surface area contributed by atoms with Crippen LogP contribution in [-0.4, -0.2) is 10.8 Å². The smallest absolute Gasteiger partial charge is 0.270 e. The number of rotatable bonds is 5. The van der Waals surface area contributed by atoms with Crippen LogP contribution in [0.4, 0.5) is 11.4 Å². The van der Waals surface area contributed by atoms with E-state index in [-0.39, 0.29) is 17.0 Å². The maximum Gasteiger partial charge on any atom is 0.270 e.